The van der Waals surface area contributed by atoms with Crippen molar-refractivity contribution in [3.8, 4) is 5.75 Å². The van der Waals surface area contributed by atoms with Crippen LogP contribution in [-0.4, -0.2) is 23.7 Å². The molecule has 1 aliphatic rings. The first-order valence-electron chi connectivity index (χ1n) is 6.32. The minimum Gasteiger partial charge on any atom is -0.497 e. The van der Waals surface area contributed by atoms with Gasteiger partial charge in [-0.1, -0.05) is 19.9 Å². The third-order valence-corrected chi connectivity index (χ3v) is 5.21. The van der Waals surface area contributed by atoms with Crippen LogP contribution in [0.4, 0.5) is 0 Å². The van der Waals surface area contributed by atoms with E-state index in [1.54, 1.807) is 7.11 Å². The fourth-order valence-electron chi connectivity index (χ4n) is 2.85. The van der Waals surface area contributed by atoms with Crippen molar-refractivity contribution >= 4 is 11.8 Å². The van der Waals surface area contributed by atoms with Gasteiger partial charge in [0.1, 0.15) is 5.75 Å². The molecular weight excluding hydrogens is 244 g/mol. The molecule has 2 rings (SSSR count). The Balaban J connectivity index is 2.35. The third kappa shape index (κ3) is 2.67. The number of hydrogen-bond donors (Lipinski definition) is 1. The van der Waals surface area contributed by atoms with Gasteiger partial charge in [0.05, 0.1) is 12.7 Å². The van der Waals surface area contributed by atoms with E-state index in [4.69, 9.17) is 4.74 Å². The topological polar surface area (TPSA) is 29.5 Å². The molecule has 1 saturated heterocycles. The predicted molar refractivity (Wildman–Crippen MR) is 77.4 cm³/mol. The Morgan fingerprint density at radius 3 is 2.56 bits per heavy atom. The molecule has 0 amide bonds. The van der Waals surface area contributed by atoms with Crippen LogP contribution in [0.5, 0.6) is 5.75 Å². The van der Waals surface area contributed by atoms with Crippen molar-refractivity contribution in [2.75, 3.05) is 18.6 Å². The lowest BCUT2D eigenvalue weighted by Gasteiger charge is -2.42. The molecule has 0 radical (unpaired) electrons. The molecular formula is C15H22O2S. The number of thioether (sulfide) groups is 1. The largest absolute Gasteiger partial charge is 0.497 e. The monoisotopic (exact) mass is 266 g/mol. The zero-order chi connectivity index (χ0) is 13.4. The number of benzene rings is 1. The smallest absolute Gasteiger partial charge is 0.119 e. The second-order valence-corrected chi connectivity index (χ2v) is 7.03. The molecule has 2 nitrogen and oxygen atoms in total. The van der Waals surface area contributed by atoms with Gasteiger partial charge in [-0.3, -0.25) is 0 Å². The first-order valence-corrected chi connectivity index (χ1v) is 7.47. The number of methoxy groups -OCH3 is 1. The van der Waals surface area contributed by atoms with E-state index in [-0.39, 0.29) is 5.41 Å². The highest BCUT2D eigenvalue weighted by Crippen LogP contribution is 2.45. The lowest BCUT2D eigenvalue weighted by molar-refractivity contribution is 0.0151. The maximum Gasteiger partial charge on any atom is 0.119 e. The predicted octanol–water partition coefficient (Wildman–Crippen LogP) is 3.35. The molecule has 0 aromatic heterocycles. The average Bonchev–Trinajstić information content (AvgIpc) is 2.26. The Kier molecular flexibility index (Phi) is 3.65. The molecule has 100 valence electrons. The van der Waals surface area contributed by atoms with Crippen LogP contribution in [0.1, 0.15) is 31.4 Å². The molecule has 0 spiro atoms. The summed E-state index contributed by atoms with van der Waals surface area (Å²) in [5, 5.41) is 11.0. The van der Waals surface area contributed by atoms with E-state index >= 15 is 0 Å². The highest BCUT2D eigenvalue weighted by atomic mass is 32.2. The van der Waals surface area contributed by atoms with Gasteiger partial charge in [0.15, 0.2) is 0 Å². The van der Waals surface area contributed by atoms with Gasteiger partial charge in [0.25, 0.3) is 0 Å². The molecule has 1 atom stereocenters. The first-order chi connectivity index (χ1) is 8.36. The summed E-state index contributed by atoms with van der Waals surface area (Å²) < 4.78 is 5.22. The van der Waals surface area contributed by atoms with Crippen LogP contribution in [-0.2, 0) is 5.60 Å². The van der Waals surface area contributed by atoms with Crippen molar-refractivity contribution in [3.05, 3.63) is 29.3 Å². The highest BCUT2D eigenvalue weighted by molar-refractivity contribution is 7.99. The van der Waals surface area contributed by atoms with E-state index in [9.17, 15) is 5.11 Å². The maximum atomic E-state index is 11.0. The van der Waals surface area contributed by atoms with Crippen molar-refractivity contribution < 1.29 is 9.84 Å². The van der Waals surface area contributed by atoms with E-state index in [0.29, 0.717) is 0 Å². The van der Waals surface area contributed by atoms with Crippen molar-refractivity contribution in [1.82, 2.24) is 0 Å². The first kappa shape index (κ1) is 13.8. The number of ether oxygens (including phenoxy) is 1. The van der Waals surface area contributed by atoms with Crippen molar-refractivity contribution in [3.63, 3.8) is 0 Å². The Morgan fingerprint density at radius 1 is 1.28 bits per heavy atom. The van der Waals surface area contributed by atoms with E-state index in [2.05, 4.69) is 13.8 Å². The quantitative estimate of drug-likeness (QED) is 0.890. The summed E-state index contributed by atoms with van der Waals surface area (Å²) in [6.45, 7) is 6.49. The van der Waals surface area contributed by atoms with Gasteiger partial charge in [-0.2, -0.15) is 11.8 Å². The average molecular weight is 266 g/mol. The molecule has 3 heteroatoms. The minimum atomic E-state index is -0.706. The van der Waals surface area contributed by atoms with Crippen molar-refractivity contribution in [2.45, 2.75) is 32.8 Å². The number of aryl methyl sites for hydroxylation is 1. The van der Waals surface area contributed by atoms with Crippen LogP contribution < -0.4 is 4.74 Å². The van der Waals surface area contributed by atoms with Crippen LogP contribution in [0.25, 0.3) is 0 Å². The molecule has 1 unspecified atom stereocenters. The fraction of sp³-hybridized carbons (Fsp3) is 0.600. The van der Waals surface area contributed by atoms with E-state index in [1.165, 1.54) is 0 Å². The molecule has 18 heavy (non-hydrogen) atoms. The SMILES string of the molecule is COc1ccc(C2(O)CSCC(C)(C)C2)c(C)c1. The van der Waals surface area contributed by atoms with E-state index in [1.807, 2.05) is 36.9 Å². The molecule has 1 aromatic rings. The van der Waals surface area contributed by atoms with Crippen LogP contribution in [0, 0.1) is 12.3 Å². The van der Waals surface area contributed by atoms with Gasteiger partial charge < -0.3 is 9.84 Å². The lowest BCUT2D eigenvalue weighted by Crippen LogP contribution is -2.40. The van der Waals surface area contributed by atoms with Gasteiger partial charge in [0, 0.05) is 5.75 Å². The van der Waals surface area contributed by atoms with Crippen LogP contribution in [0.2, 0.25) is 0 Å². The van der Waals surface area contributed by atoms with Gasteiger partial charge in [0.2, 0.25) is 0 Å². The van der Waals surface area contributed by atoms with Gasteiger partial charge in [-0.25, -0.2) is 0 Å². The molecule has 1 heterocycles. The molecule has 1 aliphatic heterocycles. The summed E-state index contributed by atoms with van der Waals surface area (Å²) in [4.78, 5) is 0. The van der Waals surface area contributed by atoms with Gasteiger partial charge >= 0.3 is 0 Å². The number of aliphatic hydroxyl groups is 1. The minimum absolute atomic E-state index is 0.185. The zero-order valence-corrected chi connectivity index (χ0v) is 12.4. The maximum absolute atomic E-state index is 11.0. The van der Waals surface area contributed by atoms with Crippen LogP contribution in [0.15, 0.2) is 18.2 Å². The molecule has 1 N–H and O–H groups in total. The Bertz CT molecular complexity index is 442. The summed E-state index contributed by atoms with van der Waals surface area (Å²) >= 11 is 1.84. The zero-order valence-electron chi connectivity index (χ0n) is 11.6. The standard InChI is InChI=1S/C15H22O2S/c1-11-7-12(17-4)5-6-13(11)15(16)8-14(2,3)9-18-10-15/h5-7,16H,8-10H2,1-4H3. The Labute approximate surface area is 114 Å². The highest BCUT2D eigenvalue weighted by Gasteiger charge is 2.40. The van der Waals surface area contributed by atoms with Gasteiger partial charge in [-0.05, 0) is 47.8 Å². The van der Waals surface area contributed by atoms with E-state index in [0.717, 1.165) is 34.8 Å². The van der Waals surface area contributed by atoms with Crippen molar-refractivity contribution in [2.24, 2.45) is 5.41 Å². The summed E-state index contributed by atoms with van der Waals surface area (Å²) in [5.74, 6) is 2.75. The number of rotatable bonds is 2. The number of hydrogen-bond acceptors (Lipinski definition) is 3. The van der Waals surface area contributed by atoms with E-state index < -0.39 is 5.60 Å². The Morgan fingerprint density at radius 2 is 2.00 bits per heavy atom. The lowest BCUT2D eigenvalue weighted by atomic mass is 9.77. The van der Waals surface area contributed by atoms with Crippen LogP contribution >= 0.6 is 11.8 Å². The second-order valence-electron chi connectivity index (χ2n) is 6.05. The molecule has 0 saturated carbocycles. The van der Waals surface area contributed by atoms with Crippen LogP contribution in [0.3, 0.4) is 0 Å². The third-order valence-electron chi connectivity index (χ3n) is 3.54. The summed E-state index contributed by atoms with van der Waals surface area (Å²) in [6, 6.07) is 5.95. The van der Waals surface area contributed by atoms with Crippen molar-refractivity contribution in [1.29, 1.82) is 0 Å². The fourth-order valence-corrected chi connectivity index (χ4v) is 4.20. The molecule has 0 aliphatic carbocycles. The van der Waals surface area contributed by atoms with Gasteiger partial charge in [-0.15, -0.1) is 0 Å². The molecule has 1 fully saturated rings. The molecule has 0 bridgehead atoms. The molecule has 1 aromatic carbocycles. The second kappa shape index (κ2) is 4.78. The summed E-state index contributed by atoms with van der Waals surface area (Å²) in [6.07, 6.45) is 0.820. The summed E-state index contributed by atoms with van der Waals surface area (Å²) in [7, 11) is 1.67. The Hall–Kier alpha value is -0.670. The normalized spacial score (nSPS) is 26.9. The summed E-state index contributed by atoms with van der Waals surface area (Å²) in [5.41, 5.74) is 1.63.